The first kappa shape index (κ1) is 18.6. The molecular formula is C13H17F3N4O3. The number of carbonyl (C=O) groups is 2. The number of nitrogens with one attached hydrogen (secondary N) is 3. The van der Waals surface area contributed by atoms with Crippen LogP contribution in [0.3, 0.4) is 0 Å². The van der Waals surface area contributed by atoms with Gasteiger partial charge in [-0.1, -0.05) is 0 Å². The van der Waals surface area contributed by atoms with Crippen molar-refractivity contribution in [2.75, 3.05) is 18.4 Å². The van der Waals surface area contributed by atoms with Crippen LogP contribution in [-0.2, 0) is 6.18 Å². The molecular weight excluding hydrogens is 317 g/mol. The molecule has 0 aliphatic carbocycles. The van der Waals surface area contributed by atoms with Crippen molar-refractivity contribution in [1.82, 2.24) is 10.7 Å². The molecule has 1 aromatic rings. The molecule has 0 heterocycles. The Hall–Kier alpha value is -2.49. The number of alkyl halides is 3. The van der Waals surface area contributed by atoms with Gasteiger partial charge in [0, 0.05) is 24.3 Å². The largest absolute Gasteiger partial charge is 0.465 e. The molecule has 0 atom stereocenters. The molecule has 0 fully saturated rings. The summed E-state index contributed by atoms with van der Waals surface area (Å²) >= 11 is 0. The predicted molar refractivity (Wildman–Crippen MR) is 76.8 cm³/mol. The van der Waals surface area contributed by atoms with Gasteiger partial charge in [-0.15, -0.1) is 0 Å². The zero-order valence-electron chi connectivity index (χ0n) is 12.0. The van der Waals surface area contributed by atoms with Gasteiger partial charge in [0.15, 0.2) is 0 Å². The first-order chi connectivity index (χ1) is 10.8. The molecule has 128 valence electrons. The Balaban J connectivity index is 2.73. The van der Waals surface area contributed by atoms with Crippen LogP contribution in [0.15, 0.2) is 18.2 Å². The van der Waals surface area contributed by atoms with Crippen molar-refractivity contribution < 1.29 is 27.9 Å². The van der Waals surface area contributed by atoms with Gasteiger partial charge in [-0.25, -0.2) is 10.6 Å². The molecule has 10 heteroatoms. The Morgan fingerprint density at radius 2 is 1.83 bits per heavy atom. The highest BCUT2D eigenvalue weighted by atomic mass is 19.4. The minimum atomic E-state index is -4.56. The van der Waals surface area contributed by atoms with E-state index in [2.05, 4.69) is 10.6 Å². The molecule has 1 rings (SSSR count). The number of unbranched alkanes of at least 4 members (excludes halogenated alkanes) is 1. The van der Waals surface area contributed by atoms with Gasteiger partial charge in [0.1, 0.15) is 0 Å². The fraction of sp³-hybridized carbons (Fsp3) is 0.385. The van der Waals surface area contributed by atoms with Crippen LogP contribution < -0.4 is 21.9 Å². The Morgan fingerprint density at radius 3 is 2.39 bits per heavy atom. The van der Waals surface area contributed by atoms with E-state index in [-0.39, 0.29) is 24.3 Å². The number of hydrazine groups is 1. The van der Waals surface area contributed by atoms with Gasteiger partial charge in [-0.3, -0.25) is 10.2 Å². The van der Waals surface area contributed by atoms with E-state index in [1.165, 1.54) is 0 Å². The maximum absolute atomic E-state index is 12.9. The number of halogens is 3. The van der Waals surface area contributed by atoms with E-state index in [0.717, 1.165) is 18.2 Å². The maximum Gasteiger partial charge on any atom is 0.418 e. The van der Waals surface area contributed by atoms with E-state index in [4.69, 9.17) is 10.9 Å². The van der Waals surface area contributed by atoms with Crippen molar-refractivity contribution in [2.45, 2.75) is 19.0 Å². The topological polar surface area (TPSA) is 116 Å². The maximum atomic E-state index is 12.9. The zero-order chi connectivity index (χ0) is 17.5. The monoisotopic (exact) mass is 334 g/mol. The lowest BCUT2D eigenvalue weighted by atomic mass is 10.1. The van der Waals surface area contributed by atoms with E-state index in [1.807, 2.05) is 5.43 Å². The van der Waals surface area contributed by atoms with Crippen LogP contribution in [0.1, 0.15) is 28.8 Å². The first-order valence-corrected chi connectivity index (χ1v) is 6.68. The number of nitrogens with two attached hydrogens (primary N) is 1. The smallest absolute Gasteiger partial charge is 0.418 e. The Morgan fingerprint density at radius 1 is 1.17 bits per heavy atom. The fourth-order valence-electron chi connectivity index (χ4n) is 1.83. The average molecular weight is 334 g/mol. The van der Waals surface area contributed by atoms with Gasteiger partial charge in [0.25, 0.3) is 5.91 Å². The normalized spacial score (nSPS) is 11.0. The number of hydrogen-bond donors (Lipinski definition) is 5. The highest BCUT2D eigenvalue weighted by Crippen LogP contribution is 2.35. The summed E-state index contributed by atoms with van der Waals surface area (Å²) in [5.41, 5.74) is 0.720. The molecule has 0 aliphatic heterocycles. The molecule has 0 saturated carbocycles. The van der Waals surface area contributed by atoms with Gasteiger partial charge in [0.2, 0.25) is 0 Å². The fourth-order valence-corrected chi connectivity index (χ4v) is 1.83. The van der Waals surface area contributed by atoms with Gasteiger partial charge in [0.05, 0.1) is 5.56 Å². The minimum absolute atomic E-state index is 0.00413. The summed E-state index contributed by atoms with van der Waals surface area (Å²) in [5, 5.41) is 13.1. The molecule has 2 amide bonds. The van der Waals surface area contributed by atoms with Crippen molar-refractivity contribution in [1.29, 1.82) is 0 Å². The van der Waals surface area contributed by atoms with E-state index in [9.17, 15) is 22.8 Å². The summed E-state index contributed by atoms with van der Waals surface area (Å²) in [5.74, 6) is 4.26. The van der Waals surface area contributed by atoms with Crippen LogP contribution in [0.4, 0.5) is 23.7 Å². The van der Waals surface area contributed by atoms with Gasteiger partial charge in [-0.05, 0) is 31.0 Å². The third-order valence-corrected chi connectivity index (χ3v) is 2.91. The summed E-state index contributed by atoms with van der Waals surface area (Å²) in [6.07, 6.45) is -4.81. The van der Waals surface area contributed by atoms with Crippen molar-refractivity contribution in [3.63, 3.8) is 0 Å². The molecule has 0 saturated heterocycles. The van der Waals surface area contributed by atoms with Crippen molar-refractivity contribution in [2.24, 2.45) is 5.84 Å². The molecule has 0 radical (unpaired) electrons. The van der Waals surface area contributed by atoms with Crippen molar-refractivity contribution >= 4 is 17.7 Å². The average Bonchev–Trinajstić information content (AvgIpc) is 2.48. The highest BCUT2D eigenvalue weighted by molar-refractivity contribution is 5.95. The van der Waals surface area contributed by atoms with Crippen LogP contribution in [-0.4, -0.2) is 30.2 Å². The number of nitrogen functional groups attached to an aromatic ring is 1. The highest BCUT2D eigenvalue weighted by Gasteiger charge is 2.33. The van der Waals surface area contributed by atoms with Crippen LogP contribution in [0.2, 0.25) is 0 Å². The molecule has 0 spiro atoms. The van der Waals surface area contributed by atoms with E-state index >= 15 is 0 Å². The predicted octanol–water partition coefficient (Wildman–Crippen LogP) is 1.77. The van der Waals surface area contributed by atoms with Crippen molar-refractivity contribution in [3.05, 3.63) is 29.3 Å². The number of benzene rings is 1. The van der Waals surface area contributed by atoms with Crippen LogP contribution >= 0.6 is 0 Å². The van der Waals surface area contributed by atoms with Crippen LogP contribution in [0.25, 0.3) is 0 Å². The summed E-state index contributed by atoms with van der Waals surface area (Å²) in [4.78, 5) is 21.6. The Kier molecular flexibility index (Phi) is 6.64. The first-order valence-electron chi connectivity index (χ1n) is 6.68. The third-order valence-electron chi connectivity index (χ3n) is 2.91. The Labute approximate surface area is 130 Å². The third kappa shape index (κ3) is 6.02. The number of rotatable bonds is 7. The number of carbonyl (C=O) groups excluding carboxylic acids is 1. The molecule has 23 heavy (non-hydrogen) atoms. The summed E-state index contributed by atoms with van der Waals surface area (Å²) < 4.78 is 38.8. The molecule has 0 bridgehead atoms. The van der Waals surface area contributed by atoms with Crippen LogP contribution in [0.5, 0.6) is 0 Å². The van der Waals surface area contributed by atoms with Crippen LogP contribution in [0, 0.1) is 0 Å². The molecule has 1 aromatic carbocycles. The van der Waals surface area contributed by atoms with Gasteiger partial charge < -0.3 is 15.7 Å². The summed E-state index contributed by atoms with van der Waals surface area (Å²) in [6, 6.07) is 2.91. The summed E-state index contributed by atoms with van der Waals surface area (Å²) in [6.45, 7) is 0.400. The lowest BCUT2D eigenvalue weighted by Crippen LogP contribution is -2.30. The quantitative estimate of drug-likeness (QED) is 0.225. The van der Waals surface area contributed by atoms with Gasteiger partial charge in [-0.2, -0.15) is 13.2 Å². The lowest BCUT2D eigenvalue weighted by Gasteiger charge is -2.15. The summed E-state index contributed by atoms with van der Waals surface area (Å²) in [7, 11) is 0. The lowest BCUT2D eigenvalue weighted by molar-refractivity contribution is -0.137. The molecule has 6 N–H and O–H groups in total. The number of hydrogen-bond acceptors (Lipinski definition) is 4. The second kappa shape index (κ2) is 8.22. The zero-order valence-corrected chi connectivity index (χ0v) is 12.0. The van der Waals surface area contributed by atoms with E-state index in [1.54, 1.807) is 0 Å². The molecule has 7 nitrogen and oxygen atoms in total. The van der Waals surface area contributed by atoms with Gasteiger partial charge >= 0.3 is 12.3 Å². The molecule has 0 unspecified atom stereocenters. The Bertz CT molecular complexity index is 564. The second-order valence-corrected chi connectivity index (χ2v) is 4.60. The molecule has 0 aromatic heterocycles. The van der Waals surface area contributed by atoms with Crippen molar-refractivity contribution in [3.8, 4) is 0 Å². The standard InChI is InChI=1S/C13H17F3N4O3/c14-13(15,16)9-4-3-8(11(21)20-17)7-10(9)18-5-1-2-6-19-12(22)23/h3-4,7,18-19H,1-2,5-6,17H2,(H,20,21)(H,22,23). The number of amides is 2. The SMILES string of the molecule is NNC(=O)c1ccc(C(F)(F)F)c(NCCCCNC(=O)O)c1. The van der Waals surface area contributed by atoms with E-state index in [0.29, 0.717) is 12.8 Å². The molecule has 0 aliphatic rings. The minimum Gasteiger partial charge on any atom is -0.465 e. The van der Waals surface area contributed by atoms with E-state index < -0.39 is 23.7 Å². The number of anilines is 1. The second-order valence-electron chi connectivity index (χ2n) is 4.60. The number of carboxylic acid groups (broad SMARTS) is 1.